The van der Waals surface area contributed by atoms with Gasteiger partial charge in [0.25, 0.3) is 0 Å². The summed E-state index contributed by atoms with van der Waals surface area (Å²) in [7, 11) is 0. The number of anilines is 1. The molecule has 3 rings (SSSR count). The van der Waals surface area contributed by atoms with E-state index in [9.17, 15) is 4.79 Å². The molecular formula is C20H30N4O2. The Morgan fingerprint density at radius 2 is 1.92 bits per heavy atom. The molecule has 0 aromatic heterocycles. The molecule has 0 spiro atoms. The van der Waals surface area contributed by atoms with Crippen LogP contribution in [0.2, 0.25) is 0 Å². The number of nitrogens with one attached hydrogen (secondary N) is 2. The quantitative estimate of drug-likeness (QED) is 0.754. The van der Waals surface area contributed by atoms with Crippen LogP contribution in [0.4, 0.5) is 5.69 Å². The molecule has 0 aliphatic carbocycles. The fraction of sp³-hybridized carbons (Fsp3) is 0.600. The molecular weight excluding hydrogens is 328 g/mol. The van der Waals surface area contributed by atoms with Gasteiger partial charge in [-0.2, -0.15) is 0 Å². The summed E-state index contributed by atoms with van der Waals surface area (Å²) >= 11 is 0. The van der Waals surface area contributed by atoms with Crippen LogP contribution in [0, 0.1) is 10.8 Å². The van der Waals surface area contributed by atoms with Gasteiger partial charge in [-0.05, 0) is 47.4 Å². The molecule has 142 valence electrons. The molecule has 1 fully saturated rings. The molecule has 0 saturated carbocycles. The molecule has 0 radical (unpaired) electrons. The van der Waals surface area contributed by atoms with Gasteiger partial charge in [-0.3, -0.25) is 10.2 Å². The molecule has 2 heterocycles. The lowest BCUT2D eigenvalue weighted by Crippen LogP contribution is -2.54. The number of fused-ring (bicyclic) bond motifs is 1. The lowest BCUT2D eigenvalue weighted by atomic mass is 9.68. The van der Waals surface area contributed by atoms with Gasteiger partial charge in [0.1, 0.15) is 24.2 Å². The Labute approximate surface area is 155 Å². The van der Waals surface area contributed by atoms with E-state index >= 15 is 0 Å². The number of rotatable bonds is 5. The van der Waals surface area contributed by atoms with Gasteiger partial charge >= 0.3 is 0 Å². The second kappa shape index (κ2) is 6.58. The van der Waals surface area contributed by atoms with Crippen molar-refractivity contribution in [1.29, 1.82) is 5.41 Å². The Bertz CT molecular complexity index is 740. The summed E-state index contributed by atoms with van der Waals surface area (Å²) in [4.78, 5) is 13.5. The normalized spacial score (nSPS) is 20.8. The predicted octanol–water partition coefficient (Wildman–Crippen LogP) is 2.57. The summed E-state index contributed by atoms with van der Waals surface area (Å²) in [6.45, 7) is 12.8. The van der Waals surface area contributed by atoms with Crippen LogP contribution >= 0.6 is 0 Å². The minimum absolute atomic E-state index is 0.151. The maximum atomic E-state index is 11.8. The number of carbonyl (C=O) groups is 1. The molecule has 1 aromatic rings. The molecule has 0 unspecified atom stereocenters. The monoisotopic (exact) mass is 358 g/mol. The predicted molar refractivity (Wildman–Crippen MR) is 104 cm³/mol. The van der Waals surface area contributed by atoms with Gasteiger partial charge in [0.2, 0.25) is 5.91 Å². The van der Waals surface area contributed by atoms with E-state index in [4.69, 9.17) is 15.9 Å². The number of hydrogen-bond acceptors (Lipinski definition) is 4. The van der Waals surface area contributed by atoms with Crippen LogP contribution in [0.5, 0.6) is 5.75 Å². The van der Waals surface area contributed by atoms with E-state index in [2.05, 4.69) is 45.1 Å². The minimum atomic E-state index is -0.584. The Hall–Kier alpha value is -2.08. The standard InChI is InChI=1S/C20H30N4O2/c1-11(2)14-7-17-16(6-15(14)12(3)20(5)9-23-10-20)24(13(4)19(22)25)18(21)8-26-17/h6-7,11-13,21,23H,8-10H2,1-5H3,(H2,22,25)/t12-,13-/m1/s1. The average Bonchev–Trinajstić information content (AvgIpc) is 2.57. The number of nitrogens with zero attached hydrogens (tertiary/aromatic N) is 1. The fourth-order valence-electron chi connectivity index (χ4n) is 3.91. The Kier molecular flexibility index (Phi) is 4.73. The third kappa shape index (κ3) is 2.96. The molecule has 1 amide bonds. The van der Waals surface area contributed by atoms with Crippen LogP contribution in [0.25, 0.3) is 0 Å². The second-order valence-electron chi connectivity index (χ2n) is 8.27. The molecule has 1 aromatic carbocycles. The van der Waals surface area contributed by atoms with Gasteiger partial charge in [0.15, 0.2) is 0 Å². The van der Waals surface area contributed by atoms with Gasteiger partial charge < -0.3 is 20.7 Å². The first-order valence-electron chi connectivity index (χ1n) is 9.33. The Balaban J connectivity index is 2.13. The molecule has 4 N–H and O–H groups in total. The largest absolute Gasteiger partial charge is 0.484 e. The highest BCUT2D eigenvalue weighted by molar-refractivity contribution is 6.05. The van der Waals surface area contributed by atoms with Crippen LogP contribution < -0.4 is 20.7 Å². The zero-order valence-electron chi connectivity index (χ0n) is 16.3. The Morgan fingerprint density at radius 3 is 2.42 bits per heavy atom. The Morgan fingerprint density at radius 1 is 1.27 bits per heavy atom. The first-order valence-corrected chi connectivity index (χ1v) is 9.33. The SMILES string of the molecule is CC(C)c1cc2c(cc1[C@@H](C)C1(C)CNC1)N([C@H](C)C(N)=O)C(=N)CO2. The van der Waals surface area contributed by atoms with E-state index < -0.39 is 11.9 Å². The highest BCUT2D eigenvalue weighted by atomic mass is 16.5. The topological polar surface area (TPSA) is 91.4 Å². The number of carbonyl (C=O) groups excluding carboxylic acids is 1. The third-order valence-electron chi connectivity index (χ3n) is 6.07. The number of amides is 1. The number of hydrogen-bond donors (Lipinski definition) is 3. The van der Waals surface area contributed by atoms with E-state index in [1.807, 2.05) is 0 Å². The summed E-state index contributed by atoms with van der Waals surface area (Å²) in [5.41, 5.74) is 9.05. The first-order chi connectivity index (χ1) is 12.2. The maximum absolute atomic E-state index is 11.8. The van der Waals surface area contributed by atoms with Gasteiger partial charge in [-0.1, -0.05) is 27.7 Å². The average molecular weight is 358 g/mol. The maximum Gasteiger partial charge on any atom is 0.240 e. The minimum Gasteiger partial charge on any atom is -0.484 e. The van der Waals surface area contributed by atoms with Crippen LogP contribution in [0.15, 0.2) is 12.1 Å². The summed E-state index contributed by atoms with van der Waals surface area (Å²) < 4.78 is 5.82. The molecule has 0 bridgehead atoms. The summed E-state index contributed by atoms with van der Waals surface area (Å²) in [6, 6.07) is 3.62. The zero-order valence-corrected chi connectivity index (χ0v) is 16.3. The summed E-state index contributed by atoms with van der Waals surface area (Å²) in [5, 5.41) is 11.7. The van der Waals surface area contributed by atoms with Crippen molar-refractivity contribution in [3.8, 4) is 5.75 Å². The third-order valence-corrected chi connectivity index (χ3v) is 6.07. The van der Waals surface area contributed by atoms with E-state index in [0.29, 0.717) is 11.8 Å². The smallest absolute Gasteiger partial charge is 0.240 e. The van der Waals surface area contributed by atoms with Crippen molar-refractivity contribution < 1.29 is 9.53 Å². The van der Waals surface area contributed by atoms with Crippen molar-refractivity contribution in [2.24, 2.45) is 11.1 Å². The van der Waals surface area contributed by atoms with Crippen LogP contribution in [-0.2, 0) is 4.79 Å². The number of benzene rings is 1. The van der Waals surface area contributed by atoms with Crippen molar-refractivity contribution in [1.82, 2.24) is 5.32 Å². The number of ether oxygens (including phenoxy) is 1. The van der Waals surface area contributed by atoms with Crippen LogP contribution in [0.1, 0.15) is 57.6 Å². The van der Waals surface area contributed by atoms with Gasteiger partial charge in [0, 0.05) is 13.1 Å². The molecule has 2 atom stereocenters. The van der Waals surface area contributed by atoms with E-state index in [-0.39, 0.29) is 17.9 Å². The van der Waals surface area contributed by atoms with Crippen molar-refractivity contribution in [3.63, 3.8) is 0 Å². The molecule has 6 nitrogen and oxygen atoms in total. The molecule has 2 aliphatic rings. The first kappa shape index (κ1) is 18.7. The molecule has 2 aliphatic heterocycles. The summed E-state index contributed by atoms with van der Waals surface area (Å²) in [6.07, 6.45) is 0. The van der Waals surface area contributed by atoms with Crippen molar-refractivity contribution >= 4 is 17.4 Å². The zero-order chi connectivity index (χ0) is 19.2. The summed E-state index contributed by atoms with van der Waals surface area (Å²) in [5.74, 6) is 1.26. The highest BCUT2D eigenvalue weighted by Gasteiger charge is 2.40. The number of amidine groups is 1. The van der Waals surface area contributed by atoms with E-state index in [1.54, 1.807) is 11.8 Å². The van der Waals surface area contributed by atoms with Crippen LogP contribution in [0.3, 0.4) is 0 Å². The van der Waals surface area contributed by atoms with Gasteiger partial charge in [0.05, 0.1) is 5.69 Å². The second-order valence-corrected chi connectivity index (χ2v) is 8.27. The fourth-order valence-corrected chi connectivity index (χ4v) is 3.91. The number of nitrogens with two attached hydrogens (primary N) is 1. The van der Waals surface area contributed by atoms with Crippen LogP contribution in [-0.4, -0.2) is 37.5 Å². The highest BCUT2D eigenvalue weighted by Crippen LogP contribution is 2.46. The van der Waals surface area contributed by atoms with Crippen molar-refractivity contribution in [2.45, 2.75) is 52.5 Å². The molecule has 6 heteroatoms. The van der Waals surface area contributed by atoms with Gasteiger partial charge in [-0.15, -0.1) is 0 Å². The number of primary amides is 1. The van der Waals surface area contributed by atoms with E-state index in [1.165, 1.54) is 11.1 Å². The van der Waals surface area contributed by atoms with Gasteiger partial charge in [-0.25, -0.2) is 0 Å². The lowest BCUT2D eigenvalue weighted by molar-refractivity contribution is -0.118. The molecule has 1 saturated heterocycles. The van der Waals surface area contributed by atoms with Crippen molar-refractivity contribution in [2.75, 3.05) is 24.6 Å². The lowest BCUT2D eigenvalue weighted by Gasteiger charge is -2.46. The van der Waals surface area contributed by atoms with Crippen molar-refractivity contribution in [3.05, 3.63) is 23.3 Å². The molecule has 26 heavy (non-hydrogen) atoms. The van der Waals surface area contributed by atoms with E-state index in [0.717, 1.165) is 24.5 Å².